The fourth-order valence-corrected chi connectivity index (χ4v) is 4.18. The molecule has 1 aliphatic rings. The van der Waals surface area contributed by atoms with Gasteiger partial charge in [-0.15, -0.1) is 0 Å². The first-order valence-electron chi connectivity index (χ1n) is 8.25. The molecule has 1 saturated carbocycles. The SMILES string of the molecule is COC(=O)[C@H](CC1CCCCC1)n1c(C)cc(S(C)(=O)=O)cc1=O. The molecule has 6 nitrogen and oxygen atoms in total. The summed E-state index contributed by atoms with van der Waals surface area (Å²) >= 11 is 0. The second-order valence-electron chi connectivity index (χ2n) is 6.59. The fraction of sp³-hybridized carbons (Fsp3) is 0.647. The van der Waals surface area contributed by atoms with Crippen molar-refractivity contribution in [1.29, 1.82) is 0 Å². The summed E-state index contributed by atoms with van der Waals surface area (Å²) in [7, 11) is -2.17. The highest BCUT2D eigenvalue weighted by Gasteiger charge is 2.28. The van der Waals surface area contributed by atoms with Gasteiger partial charge in [-0.1, -0.05) is 32.1 Å². The van der Waals surface area contributed by atoms with E-state index in [0.717, 1.165) is 38.0 Å². The van der Waals surface area contributed by atoms with Crippen molar-refractivity contribution in [3.63, 3.8) is 0 Å². The maximum absolute atomic E-state index is 12.5. The van der Waals surface area contributed by atoms with Crippen molar-refractivity contribution in [1.82, 2.24) is 4.57 Å². The number of aromatic nitrogens is 1. The molecule has 7 heteroatoms. The predicted octanol–water partition coefficient (Wildman–Crippen LogP) is 2.24. The first-order chi connectivity index (χ1) is 11.2. The van der Waals surface area contributed by atoms with Gasteiger partial charge in [0.25, 0.3) is 5.56 Å². The quantitative estimate of drug-likeness (QED) is 0.757. The fourth-order valence-electron chi connectivity index (χ4n) is 3.48. The number of aryl methyl sites for hydroxylation is 1. The Hall–Kier alpha value is -1.63. The number of carbonyl (C=O) groups is 1. The van der Waals surface area contributed by atoms with Gasteiger partial charge in [-0.3, -0.25) is 9.36 Å². The Kier molecular flexibility index (Phi) is 5.85. The number of hydrogen-bond acceptors (Lipinski definition) is 5. The molecule has 1 atom stereocenters. The van der Waals surface area contributed by atoms with Gasteiger partial charge in [0.15, 0.2) is 9.84 Å². The molecule has 1 aliphatic carbocycles. The predicted molar refractivity (Wildman–Crippen MR) is 90.8 cm³/mol. The number of methoxy groups -OCH3 is 1. The number of nitrogens with zero attached hydrogens (tertiary/aromatic N) is 1. The summed E-state index contributed by atoms with van der Waals surface area (Å²) in [6.07, 6.45) is 7.18. The zero-order valence-corrected chi connectivity index (χ0v) is 15.3. The summed E-state index contributed by atoms with van der Waals surface area (Å²) < 4.78 is 29.6. The first-order valence-corrected chi connectivity index (χ1v) is 10.1. The lowest BCUT2D eigenvalue weighted by molar-refractivity contribution is -0.145. The van der Waals surface area contributed by atoms with Crippen LogP contribution in [0.25, 0.3) is 0 Å². The Balaban J connectivity index is 2.42. The van der Waals surface area contributed by atoms with Crippen LogP contribution in [0.1, 0.15) is 50.3 Å². The molecule has 0 amide bonds. The zero-order valence-electron chi connectivity index (χ0n) is 14.4. The van der Waals surface area contributed by atoms with Crippen LogP contribution in [0.2, 0.25) is 0 Å². The summed E-state index contributed by atoms with van der Waals surface area (Å²) in [5.41, 5.74) is -0.0317. The monoisotopic (exact) mass is 355 g/mol. The van der Waals surface area contributed by atoms with Gasteiger partial charge in [0, 0.05) is 18.0 Å². The van der Waals surface area contributed by atoms with Crippen molar-refractivity contribution in [3.8, 4) is 0 Å². The Bertz CT molecular complexity index is 760. The van der Waals surface area contributed by atoms with E-state index in [4.69, 9.17) is 4.74 Å². The van der Waals surface area contributed by atoms with Gasteiger partial charge < -0.3 is 4.74 Å². The van der Waals surface area contributed by atoms with E-state index >= 15 is 0 Å². The molecule has 1 aromatic rings. The summed E-state index contributed by atoms with van der Waals surface area (Å²) in [6, 6.07) is 1.81. The van der Waals surface area contributed by atoms with Gasteiger partial charge in [-0.05, 0) is 25.3 Å². The molecule has 1 fully saturated rings. The van der Waals surface area contributed by atoms with Gasteiger partial charge in [-0.2, -0.15) is 0 Å². The lowest BCUT2D eigenvalue weighted by Gasteiger charge is -2.27. The van der Waals surface area contributed by atoms with Gasteiger partial charge >= 0.3 is 5.97 Å². The lowest BCUT2D eigenvalue weighted by Crippen LogP contribution is -2.34. The molecule has 0 radical (unpaired) electrons. The van der Waals surface area contributed by atoms with E-state index in [1.54, 1.807) is 6.92 Å². The molecule has 0 saturated heterocycles. The van der Waals surface area contributed by atoms with Crippen molar-refractivity contribution in [2.75, 3.05) is 13.4 Å². The summed E-state index contributed by atoms with van der Waals surface area (Å²) in [5.74, 6) is -0.0818. The Morgan fingerprint density at radius 1 is 1.29 bits per heavy atom. The third kappa shape index (κ3) is 4.26. The molecular formula is C17H25NO5S. The van der Waals surface area contributed by atoms with Crippen LogP contribution >= 0.6 is 0 Å². The van der Waals surface area contributed by atoms with Crippen LogP contribution in [0.15, 0.2) is 21.8 Å². The summed E-state index contributed by atoms with van der Waals surface area (Å²) in [6.45, 7) is 1.65. The number of ether oxygens (including phenoxy) is 1. The molecule has 0 aliphatic heterocycles. The first kappa shape index (κ1) is 18.7. The minimum Gasteiger partial charge on any atom is -0.467 e. The van der Waals surface area contributed by atoms with Crippen LogP contribution in [0.5, 0.6) is 0 Å². The second kappa shape index (κ2) is 7.51. The van der Waals surface area contributed by atoms with Crippen molar-refractivity contribution < 1.29 is 17.9 Å². The zero-order chi connectivity index (χ0) is 17.9. The number of hydrogen-bond donors (Lipinski definition) is 0. The molecule has 1 heterocycles. The van der Waals surface area contributed by atoms with E-state index in [-0.39, 0.29) is 4.90 Å². The summed E-state index contributed by atoms with van der Waals surface area (Å²) in [4.78, 5) is 24.7. The highest BCUT2D eigenvalue weighted by atomic mass is 32.2. The topological polar surface area (TPSA) is 82.4 Å². The number of sulfone groups is 1. The van der Waals surface area contributed by atoms with E-state index in [9.17, 15) is 18.0 Å². The van der Waals surface area contributed by atoms with Crippen LogP contribution in [0, 0.1) is 12.8 Å². The molecule has 2 rings (SSSR count). The molecule has 0 aromatic carbocycles. The molecule has 0 spiro atoms. The van der Waals surface area contributed by atoms with Crippen LogP contribution < -0.4 is 5.56 Å². The van der Waals surface area contributed by atoms with Crippen molar-refractivity contribution in [2.45, 2.75) is 56.4 Å². The third-order valence-corrected chi connectivity index (χ3v) is 5.82. The van der Waals surface area contributed by atoms with E-state index < -0.39 is 27.4 Å². The Morgan fingerprint density at radius 2 is 1.92 bits per heavy atom. The summed E-state index contributed by atoms with van der Waals surface area (Å²) in [5, 5.41) is 0. The standard InChI is InChI=1S/C17H25NO5S/c1-12-9-14(24(3,21)22)11-16(19)18(12)15(17(20)23-2)10-13-7-5-4-6-8-13/h9,11,13,15H,4-8,10H2,1-3H3/t15-/m0/s1. The van der Waals surface area contributed by atoms with E-state index in [1.807, 2.05) is 0 Å². The molecule has 0 N–H and O–H groups in total. The van der Waals surface area contributed by atoms with Crippen molar-refractivity contribution in [2.24, 2.45) is 5.92 Å². The largest absolute Gasteiger partial charge is 0.467 e. The average molecular weight is 355 g/mol. The molecule has 0 unspecified atom stereocenters. The van der Waals surface area contributed by atoms with Gasteiger partial charge in [0.2, 0.25) is 0 Å². The van der Waals surface area contributed by atoms with Crippen molar-refractivity contribution in [3.05, 3.63) is 28.2 Å². The molecule has 24 heavy (non-hydrogen) atoms. The van der Waals surface area contributed by atoms with Crippen LogP contribution in [0.3, 0.4) is 0 Å². The minimum absolute atomic E-state index is 0.0254. The van der Waals surface area contributed by atoms with E-state index in [0.29, 0.717) is 18.0 Å². The maximum atomic E-state index is 12.5. The lowest BCUT2D eigenvalue weighted by atomic mass is 9.84. The minimum atomic E-state index is -3.47. The smallest absolute Gasteiger partial charge is 0.328 e. The second-order valence-corrected chi connectivity index (χ2v) is 8.61. The maximum Gasteiger partial charge on any atom is 0.328 e. The highest BCUT2D eigenvalue weighted by molar-refractivity contribution is 7.90. The van der Waals surface area contributed by atoms with Crippen LogP contribution in [-0.2, 0) is 19.4 Å². The number of esters is 1. The molecule has 0 bridgehead atoms. The van der Waals surface area contributed by atoms with E-state index in [1.165, 1.54) is 24.2 Å². The van der Waals surface area contributed by atoms with Crippen LogP contribution in [-0.4, -0.2) is 32.3 Å². The highest BCUT2D eigenvalue weighted by Crippen LogP contribution is 2.31. The number of rotatable bonds is 5. The molecular weight excluding hydrogens is 330 g/mol. The third-order valence-electron chi connectivity index (χ3n) is 4.73. The number of pyridine rings is 1. The van der Waals surface area contributed by atoms with E-state index in [2.05, 4.69) is 0 Å². The number of carbonyl (C=O) groups excluding carboxylic acids is 1. The average Bonchev–Trinajstić information content (AvgIpc) is 2.52. The molecule has 1 aromatic heterocycles. The van der Waals surface area contributed by atoms with Crippen LogP contribution in [0.4, 0.5) is 0 Å². The Morgan fingerprint density at radius 3 is 2.42 bits per heavy atom. The van der Waals surface area contributed by atoms with Gasteiger partial charge in [0.1, 0.15) is 6.04 Å². The van der Waals surface area contributed by atoms with Gasteiger partial charge in [-0.25, -0.2) is 13.2 Å². The van der Waals surface area contributed by atoms with Gasteiger partial charge in [0.05, 0.1) is 12.0 Å². The Labute approximate surface area is 142 Å². The normalized spacial score (nSPS) is 17.5. The van der Waals surface area contributed by atoms with Crippen molar-refractivity contribution >= 4 is 15.8 Å². The molecule has 134 valence electrons.